The molecule has 6 heteroatoms. The molecule has 0 aromatic heterocycles. The van der Waals surface area contributed by atoms with Crippen molar-refractivity contribution in [3.63, 3.8) is 0 Å². The highest BCUT2D eigenvalue weighted by Gasteiger charge is 2.19. The first kappa shape index (κ1) is 20.1. The van der Waals surface area contributed by atoms with Gasteiger partial charge in [0.15, 0.2) is 11.5 Å². The molecule has 6 nitrogen and oxygen atoms in total. The van der Waals surface area contributed by atoms with Gasteiger partial charge in [0.1, 0.15) is 0 Å². The van der Waals surface area contributed by atoms with Crippen LogP contribution in [-0.2, 0) is 9.78 Å². The summed E-state index contributed by atoms with van der Waals surface area (Å²) in [5.74, 6) is 0.983. The van der Waals surface area contributed by atoms with E-state index in [4.69, 9.17) is 24.0 Å². The van der Waals surface area contributed by atoms with Crippen LogP contribution in [0.2, 0.25) is 0 Å². The summed E-state index contributed by atoms with van der Waals surface area (Å²) in [4.78, 5) is 22.2. The Kier molecular flexibility index (Phi) is 9.01. The molecule has 0 bridgehead atoms. The third-order valence-corrected chi connectivity index (χ3v) is 3.88. The standard InChI is InChI=1S/C18H28O6/c1-6-8-9-13(7-2)12-23-24-18(19)14-10-15(20-3)17(22-5)16(11-14)21-4/h10-11,13H,6-9,12H2,1-5H3. The number of benzene rings is 1. The molecule has 1 rings (SSSR count). The molecule has 0 radical (unpaired) electrons. The minimum Gasteiger partial charge on any atom is -0.493 e. The second-order valence-corrected chi connectivity index (χ2v) is 5.49. The summed E-state index contributed by atoms with van der Waals surface area (Å²) >= 11 is 0. The van der Waals surface area contributed by atoms with Crippen LogP contribution in [-0.4, -0.2) is 33.9 Å². The molecule has 0 saturated heterocycles. The van der Waals surface area contributed by atoms with Gasteiger partial charge in [-0.05, 0) is 24.5 Å². The molecule has 0 heterocycles. The molecule has 0 N–H and O–H groups in total. The highest BCUT2D eigenvalue weighted by molar-refractivity contribution is 5.90. The monoisotopic (exact) mass is 340 g/mol. The van der Waals surface area contributed by atoms with Gasteiger partial charge in [-0.25, -0.2) is 4.79 Å². The summed E-state index contributed by atoms with van der Waals surface area (Å²) in [5.41, 5.74) is 0.270. The van der Waals surface area contributed by atoms with Gasteiger partial charge in [0.05, 0.1) is 33.5 Å². The number of unbranched alkanes of at least 4 members (excludes halogenated alkanes) is 1. The topological polar surface area (TPSA) is 63.2 Å². The van der Waals surface area contributed by atoms with Gasteiger partial charge in [0.25, 0.3) is 0 Å². The van der Waals surface area contributed by atoms with Crippen LogP contribution in [0, 0.1) is 5.92 Å². The van der Waals surface area contributed by atoms with Gasteiger partial charge in [0.2, 0.25) is 5.75 Å². The zero-order valence-corrected chi connectivity index (χ0v) is 15.2. The zero-order chi connectivity index (χ0) is 17.9. The van der Waals surface area contributed by atoms with E-state index in [1.165, 1.54) is 33.5 Å². The maximum atomic E-state index is 12.2. The van der Waals surface area contributed by atoms with Crippen molar-refractivity contribution in [2.45, 2.75) is 39.5 Å². The maximum absolute atomic E-state index is 12.2. The third kappa shape index (κ3) is 5.60. The molecule has 0 aliphatic carbocycles. The van der Waals surface area contributed by atoms with Gasteiger partial charge in [-0.1, -0.05) is 33.1 Å². The van der Waals surface area contributed by atoms with Gasteiger partial charge in [-0.15, -0.1) is 0 Å². The van der Waals surface area contributed by atoms with E-state index in [-0.39, 0.29) is 5.56 Å². The van der Waals surface area contributed by atoms with Crippen molar-refractivity contribution in [2.24, 2.45) is 5.92 Å². The quantitative estimate of drug-likeness (QED) is 0.448. The smallest absolute Gasteiger partial charge is 0.373 e. The molecule has 136 valence electrons. The lowest BCUT2D eigenvalue weighted by Gasteiger charge is -2.15. The fourth-order valence-electron chi connectivity index (χ4n) is 2.33. The van der Waals surface area contributed by atoms with Crippen LogP contribution in [0.15, 0.2) is 12.1 Å². The first-order chi connectivity index (χ1) is 11.6. The molecule has 24 heavy (non-hydrogen) atoms. The highest BCUT2D eigenvalue weighted by atomic mass is 17.2. The van der Waals surface area contributed by atoms with Gasteiger partial charge in [-0.2, -0.15) is 4.89 Å². The van der Waals surface area contributed by atoms with E-state index in [2.05, 4.69) is 13.8 Å². The molecule has 0 saturated carbocycles. The van der Waals surface area contributed by atoms with Gasteiger partial charge >= 0.3 is 5.97 Å². The second-order valence-electron chi connectivity index (χ2n) is 5.49. The lowest BCUT2D eigenvalue weighted by molar-refractivity contribution is -0.249. The van der Waals surface area contributed by atoms with Crippen molar-refractivity contribution < 1.29 is 28.8 Å². The van der Waals surface area contributed by atoms with Gasteiger partial charge in [0, 0.05) is 0 Å². The number of hydrogen-bond donors (Lipinski definition) is 0. The van der Waals surface area contributed by atoms with E-state index >= 15 is 0 Å². The molecular formula is C18H28O6. The Balaban J connectivity index is 2.70. The molecule has 1 aromatic carbocycles. The molecule has 1 aromatic rings. The molecule has 0 amide bonds. The van der Waals surface area contributed by atoms with Crippen LogP contribution in [0.4, 0.5) is 0 Å². The zero-order valence-electron chi connectivity index (χ0n) is 15.2. The SMILES string of the molecule is CCCCC(CC)COOC(=O)c1cc(OC)c(OC)c(OC)c1. The molecule has 1 atom stereocenters. The summed E-state index contributed by atoms with van der Waals surface area (Å²) < 4.78 is 15.7. The van der Waals surface area contributed by atoms with Gasteiger partial charge in [-0.3, -0.25) is 4.89 Å². The van der Waals surface area contributed by atoms with E-state index in [0.717, 1.165) is 25.7 Å². The van der Waals surface area contributed by atoms with E-state index in [1.807, 2.05) is 0 Å². The maximum Gasteiger partial charge on any atom is 0.373 e. The van der Waals surface area contributed by atoms with Crippen molar-refractivity contribution in [2.75, 3.05) is 27.9 Å². The normalized spacial score (nSPS) is 11.7. The Morgan fingerprint density at radius 1 is 1.04 bits per heavy atom. The van der Waals surface area contributed by atoms with E-state index in [9.17, 15) is 4.79 Å². The summed E-state index contributed by atoms with van der Waals surface area (Å²) in [6.07, 6.45) is 4.33. The Morgan fingerprint density at radius 3 is 2.12 bits per heavy atom. The Morgan fingerprint density at radius 2 is 1.67 bits per heavy atom. The fraction of sp³-hybridized carbons (Fsp3) is 0.611. The van der Waals surface area contributed by atoms with Crippen molar-refractivity contribution in [1.82, 2.24) is 0 Å². The fourth-order valence-corrected chi connectivity index (χ4v) is 2.33. The van der Waals surface area contributed by atoms with Crippen molar-refractivity contribution in [3.05, 3.63) is 17.7 Å². The molecule has 0 aliphatic rings. The van der Waals surface area contributed by atoms with Gasteiger partial charge < -0.3 is 14.2 Å². The van der Waals surface area contributed by atoms with E-state index < -0.39 is 5.97 Å². The number of methoxy groups -OCH3 is 3. The summed E-state index contributed by atoms with van der Waals surface area (Å²) in [7, 11) is 4.48. The number of hydrogen-bond acceptors (Lipinski definition) is 6. The van der Waals surface area contributed by atoms with Crippen molar-refractivity contribution in [1.29, 1.82) is 0 Å². The lowest BCUT2D eigenvalue weighted by atomic mass is 10.0. The van der Waals surface area contributed by atoms with E-state index in [1.54, 1.807) is 0 Å². The Labute approximate surface area is 143 Å². The summed E-state index contributed by atoms with van der Waals surface area (Å²) in [6.45, 7) is 4.65. The predicted molar refractivity (Wildman–Crippen MR) is 90.8 cm³/mol. The molecular weight excluding hydrogens is 312 g/mol. The summed E-state index contributed by atoms with van der Waals surface area (Å²) in [5, 5.41) is 0. The van der Waals surface area contributed by atoms with Crippen molar-refractivity contribution in [3.8, 4) is 17.2 Å². The number of carbonyl (C=O) groups is 1. The molecule has 0 spiro atoms. The second kappa shape index (κ2) is 10.8. The first-order valence-electron chi connectivity index (χ1n) is 8.24. The molecule has 0 fully saturated rings. The average Bonchev–Trinajstić information content (AvgIpc) is 2.62. The largest absolute Gasteiger partial charge is 0.493 e. The predicted octanol–water partition coefficient (Wildman–Crippen LogP) is 4.02. The lowest BCUT2D eigenvalue weighted by Crippen LogP contribution is -2.13. The van der Waals surface area contributed by atoms with Crippen LogP contribution in [0.3, 0.4) is 0 Å². The van der Waals surface area contributed by atoms with E-state index in [0.29, 0.717) is 29.8 Å². The Bertz CT molecular complexity index is 489. The summed E-state index contributed by atoms with van der Waals surface area (Å²) in [6, 6.07) is 3.06. The number of rotatable bonds is 11. The highest BCUT2D eigenvalue weighted by Crippen LogP contribution is 2.38. The van der Waals surface area contributed by atoms with Crippen LogP contribution < -0.4 is 14.2 Å². The number of ether oxygens (including phenoxy) is 3. The van der Waals surface area contributed by atoms with Crippen LogP contribution in [0.1, 0.15) is 49.9 Å². The van der Waals surface area contributed by atoms with Crippen LogP contribution >= 0.6 is 0 Å². The van der Waals surface area contributed by atoms with Crippen molar-refractivity contribution >= 4 is 5.97 Å². The first-order valence-corrected chi connectivity index (χ1v) is 8.24. The Hall–Kier alpha value is -1.95. The minimum atomic E-state index is -0.598. The molecule has 1 unspecified atom stereocenters. The van der Waals surface area contributed by atoms with Crippen LogP contribution in [0.5, 0.6) is 17.2 Å². The minimum absolute atomic E-state index is 0.270. The molecule has 0 aliphatic heterocycles. The number of carbonyl (C=O) groups excluding carboxylic acids is 1. The average molecular weight is 340 g/mol. The van der Waals surface area contributed by atoms with Crippen LogP contribution in [0.25, 0.3) is 0 Å². The third-order valence-electron chi connectivity index (χ3n) is 3.88.